The first kappa shape index (κ1) is 12.8. The SMILES string of the molecule is COc1ncccc1C(=O)N1CCC(N)C(C)C1. The summed E-state index contributed by atoms with van der Waals surface area (Å²) in [7, 11) is 1.52. The molecule has 1 aromatic heterocycles. The van der Waals surface area contributed by atoms with Crippen molar-refractivity contribution in [3.63, 3.8) is 0 Å². The maximum Gasteiger partial charge on any atom is 0.259 e. The van der Waals surface area contributed by atoms with Crippen molar-refractivity contribution in [2.24, 2.45) is 11.7 Å². The van der Waals surface area contributed by atoms with E-state index in [1.165, 1.54) is 7.11 Å². The van der Waals surface area contributed by atoms with Gasteiger partial charge in [0.15, 0.2) is 0 Å². The molecule has 0 spiro atoms. The number of hydrogen-bond donors (Lipinski definition) is 1. The number of methoxy groups -OCH3 is 1. The Bertz CT molecular complexity index is 436. The van der Waals surface area contributed by atoms with Crippen LogP contribution in [0, 0.1) is 5.92 Å². The monoisotopic (exact) mass is 249 g/mol. The van der Waals surface area contributed by atoms with Crippen molar-refractivity contribution in [1.82, 2.24) is 9.88 Å². The highest BCUT2D eigenvalue weighted by Gasteiger charge is 2.28. The summed E-state index contributed by atoms with van der Waals surface area (Å²) in [5.74, 6) is 0.675. The number of likely N-dealkylation sites (tertiary alicyclic amines) is 1. The summed E-state index contributed by atoms with van der Waals surface area (Å²) >= 11 is 0. The Labute approximate surface area is 107 Å². The summed E-state index contributed by atoms with van der Waals surface area (Å²) in [6.45, 7) is 3.46. The summed E-state index contributed by atoms with van der Waals surface area (Å²) in [4.78, 5) is 18.3. The zero-order valence-corrected chi connectivity index (χ0v) is 10.8. The molecule has 18 heavy (non-hydrogen) atoms. The fraction of sp³-hybridized carbons (Fsp3) is 0.538. The summed E-state index contributed by atoms with van der Waals surface area (Å²) < 4.78 is 5.12. The van der Waals surface area contributed by atoms with Crippen LogP contribution >= 0.6 is 0 Å². The molecule has 0 aromatic carbocycles. The Hall–Kier alpha value is -1.62. The number of rotatable bonds is 2. The molecule has 98 valence electrons. The normalized spacial score (nSPS) is 23.8. The Morgan fingerprint density at radius 1 is 1.61 bits per heavy atom. The highest BCUT2D eigenvalue weighted by Crippen LogP contribution is 2.21. The number of pyridine rings is 1. The Kier molecular flexibility index (Phi) is 3.81. The van der Waals surface area contributed by atoms with E-state index in [0.717, 1.165) is 6.42 Å². The van der Waals surface area contributed by atoms with Gasteiger partial charge in [-0.2, -0.15) is 0 Å². The van der Waals surface area contributed by atoms with Crippen molar-refractivity contribution < 1.29 is 9.53 Å². The molecule has 5 nitrogen and oxygen atoms in total. The van der Waals surface area contributed by atoms with E-state index in [0.29, 0.717) is 30.5 Å². The number of carbonyl (C=O) groups is 1. The summed E-state index contributed by atoms with van der Waals surface area (Å²) in [6, 6.07) is 3.67. The summed E-state index contributed by atoms with van der Waals surface area (Å²) in [5.41, 5.74) is 6.48. The minimum Gasteiger partial charge on any atom is -0.480 e. The molecular formula is C13H19N3O2. The molecule has 1 amide bonds. The highest BCUT2D eigenvalue weighted by molar-refractivity contribution is 5.96. The van der Waals surface area contributed by atoms with Crippen LogP contribution in [0.3, 0.4) is 0 Å². The molecule has 0 saturated carbocycles. The predicted octanol–water partition coefficient (Wildman–Crippen LogP) is 0.900. The standard InChI is InChI=1S/C13H19N3O2/c1-9-8-16(7-5-11(9)14)13(17)10-4-3-6-15-12(10)18-2/h3-4,6,9,11H,5,7-8,14H2,1-2H3. The van der Waals surface area contributed by atoms with Crippen molar-refractivity contribution in [3.05, 3.63) is 23.9 Å². The molecule has 1 aliphatic heterocycles. The van der Waals surface area contributed by atoms with E-state index in [1.807, 2.05) is 4.90 Å². The summed E-state index contributed by atoms with van der Waals surface area (Å²) in [6.07, 6.45) is 2.46. The molecule has 1 fully saturated rings. The average molecular weight is 249 g/mol. The van der Waals surface area contributed by atoms with Crippen LogP contribution in [0.2, 0.25) is 0 Å². The van der Waals surface area contributed by atoms with Crippen molar-refractivity contribution >= 4 is 5.91 Å². The Balaban J connectivity index is 2.16. The van der Waals surface area contributed by atoms with Crippen molar-refractivity contribution in [3.8, 4) is 5.88 Å². The lowest BCUT2D eigenvalue weighted by Gasteiger charge is -2.35. The van der Waals surface area contributed by atoms with Crippen LogP contribution in [0.4, 0.5) is 0 Å². The second-order valence-electron chi connectivity index (χ2n) is 4.74. The molecule has 0 radical (unpaired) electrons. The third kappa shape index (κ3) is 2.46. The van der Waals surface area contributed by atoms with Gasteiger partial charge in [0.1, 0.15) is 5.56 Å². The number of nitrogens with two attached hydrogens (primary N) is 1. The lowest BCUT2D eigenvalue weighted by atomic mass is 9.94. The van der Waals surface area contributed by atoms with E-state index in [-0.39, 0.29) is 11.9 Å². The predicted molar refractivity (Wildman–Crippen MR) is 68.4 cm³/mol. The van der Waals surface area contributed by atoms with E-state index < -0.39 is 0 Å². The number of hydrogen-bond acceptors (Lipinski definition) is 4. The minimum atomic E-state index is -0.0290. The minimum absolute atomic E-state index is 0.0290. The van der Waals surface area contributed by atoms with Crippen LogP contribution in [-0.2, 0) is 0 Å². The first-order valence-corrected chi connectivity index (χ1v) is 6.17. The van der Waals surface area contributed by atoms with Crippen molar-refractivity contribution in [2.45, 2.75) is 19.4 Å². The average Bonchev–Trinajstić information content (AvgIpc) is 2.41. The Morgan fingerprint density at radius 2 is 2.39 bits per heavy atom. The van der Waals surface area contributed by atoms with Crippen LogP contribution in [0.5, 0.6) is 5.88 Å². The third-order valence-electron chi connectivity index (χ3n) is 3.45. The molecular weight excluding hydrogens is 230 g/mol. The van der Waals surface area contributed by atoms with E-state index >= 15 is 0 Å². The molecule has 1 saturated heterocycles. The fourth-order valence-electron chi connectivity index (χ4n) is 2.23. The zero-order chi connectivity index (χ0) is 13.1. The van der Waals surface area contributed by atoms with Crippen LogP contribution in [-0.4, -0.2) is 42.0 Å². The van der Waals surface area contributed by atoms with Crippen molar-refractivity contribution in [1.29, 1.82) is 0 Å². The van der Waals surface area contributed by atoms with E-state index in [4.69, 9.17) is 10.5 Å². The zero-order valence-electron chi connectivity index (χ0n) is 10.8. The maximum absolute atomic E-state index is 12.4. The van der Waals surface area contributed by atoms with Crippen LogP contribution in [0.25, 0.3) is 0 Å². The van der Waals surface area contributed by atoms with Crippen LogP contribution in [0.15, 0.2) is 18.3 Å². The quantitative estimate of drug-likeness (QED) is 0.845. The number of carbonyl (C=O) groups excluding carboxylic acids is 1. The van der Waals surface area contributed by atoms with Crippen LogP contribution < -0.4 is 10.5 Å². The second kappa shape index (κ2) is 5.35. The van der Waals surface area contributed by atoms with Gasteiger partial charge in [0.25, 0.3) is 5.91 Å². The third-order valence-corrected chi connectivity index (χ3v) is 3.45. The first-order valence-electron chi connectivity index (χ1n) is 6.17. The number of piperidine rings is 1. The molecule has 1 aliphatic rings. The molecule has 5 heteroatoms. The number of ether oxygens (including phenoxy) is 1. The van der Waals surface area contributed by atoms with Gasteiger partial charge < -0.3 is 15.4 Å². The van der Waals surface area contributed by atoms with Gasteiger partial charge in [-0.25, -0.2) is 4.98 Å². The lowest BCUT2D eigenvalue weighted by molar-refractivity contribution is 0.0660. The molecule has 0 bridgehead atoms. The van der Waals surface area contributed by atoms with Gasteiger partial charge in [0.05, 0.1) is 7.11 Å². The largest absolute Gasteiger partial charge is 0.480 e. The molecule has 2 heterocycles. The first-order chi connectivity index (χ1) is 8.63. The smallest absolute Gasteiger partial charge is 0.259 e. The maximum atomic E-state index is 12.4. The van der Waals surface area contributed by atoms with E-state index in [9.17, 15) is 4.79 Å². The van der Waals surface area contributed by atoms with E-state index in [2.05, 4.69) is 11.9 Å². The van der Waals surface area contributed by atoms with Gasteiger partial charge in [0, 0.05) is 25.3 Å². The van der Waals surface area contributed by atoms with Gasteiger partial charge in [-0.15, -0.1) is 0 Å². The van der Waals surface area contributed by atoms with Gasteiger partial charge in [0.2, 0.25) is 5.88 Å². The summed E-state index contributed by atoms with van der Waals surface area (Å²) in [5, 5.41) is 0. The molecule has 0 aliphatic carbocycles. The van der Waals surface area contributed by atoms with Gasteiger partial charge in [-0.05, 0) is 24.5 Å². The van der Waals surface area contributed by atoms with E-state index in [1.54, 1.807) is 18.3 Å². The molecule has 2 rings (SSSR count). The van der Waals surface area contributed by atoms with Gasteiger partial charge in [-0.1, -0.05) is 6.92 Å². The Morgan fingerprint density at radius 3 is 3.06 bits per heavy atom. The molecule has 2 N–H and O–H groups in total. The number of nitrogens with zero attached hydrogens (tertiary/aromatic N) is 2. The topological polar surface area (TPSA) is 68.5 Å². The van der Waals surface area contributed by atoms with Crippen molar-refractivity contribution in [2.75, 3.05) is 20.2 Å². The molecule has 1 aromatic rings. The lowest BCUT2D eigenvalue weighted by Crippen LogP contribution is -2.48. The van der Waals surface area contributed by atoms with Gasteiger partial charge >= 0.3 is 0 Å². The van der Waals surface area contributed by atoms with Gasteiger partial charge in [-0.3, -0.25) is 4.79 Å². The van der Waals surface area contributed by atoms with Crippen LogP contribution in [0.1, 0.15) is 23.7 Å². The highest BCUT2D eigenvalue weighted by atomic mass is 16.5. The number of amides is 1. The molecule has 2 unspecified atom stereocenters. The number of aromatic nitrogens is 1. The molecule has 2 atom stereocenters. The second-order valence-corrected chi connectivity index (χ2v) is 4.74. The fourth-order valence-corrected chi connectivity index (χ4v) is 2.23.